The van der Waals surface area contributed by atoms with Crippen molar-refractivity contribution in [2.75, 3.05) is 0 Å². The molecule has 76 valence electrons. The Morgan fingerprint density at radius 3 is 2.60 bits per heavy atom. The number of rotatable bonds is 1. The van der Waals surface area contributed by atoms with Gasteiger partial charge in [-0.15, -0.1) is 0 Å². The van der Waals surface area contributed by atoms with Gasteiger partial charge in [-0.3, -0.25) is 0 Å². The van der Waals surface area contributed by atoms with Gasteiger partial charge in [0.15, 0.2) is 5.82 Å². The average molecular weight is 243 g/mol. The Morgan fingerprint density at radius 2 is 1.87 bits per heavy atom. The molecule has 0 saturated carbocycles. The molecule has 5 heteroatoms. The van der Waals surface area contributed by atoms with Crippen LogP contribution in [0.25, 0.3) is 11.3 Å². The molecule has 1 aromatic heterocycles. The molecule has 0 N–H and O–H groups in total. The summed E-state index contributed by atoms with van der Waals surface area (Å²) in [7, 11) is 0. The molecule has 0 spiro atoms. The van der Waals surface area contributed by atoms with Gasteiger partial charge in [0.1, 0.15) is 5.69 Å². The number of halogens is 3. The number of nitrogens with zero attached hydrogens (tertiary/aromatic N) is 2. The first-order valence-electron chi connectivity index (χ1n) is 4.11. The molecule has 0 aliphatic heterocycles. The van der Waals surface area contributed by atoms with Crippen molar-refractivity contribution in [1.82, 2.24) is 9.97 Å². The van der Waals surface area contributed by atoms with Gasteiger partial charge in [0.25, 0.3) is 0 Å². The Labute approximate surface area is 95.7 Å². The first-order chi connectivity index (χ1) is 7.18. The van der Waals surface area contributed by atoms with Crippen molar-refractivity contribution >= 4 is 23.2 Å². The minimum atomic E-state index is -0.549. The minimum absolute atomic E-state index is 0.00804. The lowest BCUT2D eigenvalue weighted by atomic mass is 10.1. The summed E-state index contributed by atoms with van der Waals surface area (Å²) in [5, 5.41) is 0.414. The van der Waals surface area contributed by atoms with Gasteiger partial charge in [-0.05, 0) is 17.7 Å². The SMILES string of the molecule is Fc1cnc(Cl)nc1-c1ccccc1Cl. The predicted molar refractivity (Wildman–Crippen MR) is 57.4 cm³/mol. The lowest BCUT2D eigenvalue weighted by Crippen LogP contribution is -1.92. The molecule has 0 bridgehead atoms. The van der Waals surface area contributed by atoms with E-state index < -0.39 is 5.82 Å². The fraction of sp³-hybridized carbons (Fsp3) is 0. The van der Waals surface area contributed by atoms with Crippen LogP contribution >= 0.6 is 23.2 Å². The Bertz CT molecular complexity index is 503. The molecule has 1 aromatic carbocycles. The molecule has 0 unspecified atom stereocenters. The van der Waals surface area contributed by atoms with Gasteiger partial charge < -0.3 is 0 Å². The van der Waals surface area contributed by atoms with Crippen LogP contribution in [0.15, 0.2) is 30.5 Å². The Hall–Kier alpha value is -1.19. The van der Waals surface area contributed by atoms with E-state index in [-0.39, 0.29) is 11.0 Å². The molecular weight excluding hydrogens is 238 g/mol. The molecular formula is C10H5Cl2FN2. The standard InChI is InChI=1S/C10H5Cl2FN2/c11-7-4-2-1-3-6(7)9-8(13)5-14-10(12)15-9/h1-5H. The average Bonchev–Trinajstić information content (AvgIpc) is 2.23. The van der Waals surface area contributed by atoms with E-state index >= 15 is 0 Å². The maximum atomic E-state index is 13.4. The maximum absolute atomic E-state index is 13.4. The molecule has 0 aliphatic carbocycles. The zero-order chi connectivity index (χ0) is 10.8. The van der Waals surface area contributed by atoms with E-state index in [1.807, 2.05) is 0 Å². The molecule has 0 saturated heterocycles. The van der Waals surface area contributed by atoms with E-state index in [0.717, 1.165) is 6.20 Å². The van der Waals surface area contributed by atoms with E-state index in [0.29, 0.717) is 10.6 Å². The number of hydrogen-bond donors (Lipinski definition) is 0. The second-order valence-electron chi connectivity index (χ2n) is 2.82. The van der Waals surface area contributed by atoms with Crippen LogP contribution in [0.2, 0.25) is 10.3 Å². The molecule has 2 nitrogen and oxygen atoms in total. The Balaban J connectivity index is 2.64. The highest BCUT2D eigenvalue weighted by Gasteiger charge is 2.11. The summed E-state index contributed by atoms with van der Waals surface area (Å²) in [6.45, 7) is 0. The lowest BCUT2D eigenvalue weighted by molar-refractivity contribution is 0.618. The van der Waals surface area contributed by atoms with Gasteiger partial charge in [0.05, 0.1) is 11.2 Å². The maximum Gasteiger partial charge on any atom is 0.223 e. The summed E-state index contributed by atoms with van der Waals surface area (Å²) >= 11 is 11.5. The summed E-state index contributed by atoms with van der Waals surface area (Å²) in [6, 6.07) is 6.83. The molecule has 2 aromatic rings. The number of hydrogen-bond acceptors (Lipinski definition) is 2. The number of benzene rings is 1. The van der Waals surface area contributed by atoms with E-state index in [9.17, 15) is 4.39 Å². The normalized spacial score (nSPS) is 10.3. The highest BCUT2D eigenvalue weighted by atomic mass is 35.5. The van der Waals surface area contributed by atoms with E-state index in [4.69, 9.17) is 23.2 Å². The topological polar surface area (TPSA) is 25.8 Å². The van der Waals surface area contributed by atoms with Crippen molar-refractivity contribution in [2.45, 2.75) is 0 Å². The summed E-state index contributed by atoms with van der Waals surface area (Å²) in [5.41, 5.74) is 0.613. The second kappa shape index (κ2) is 4.13. The summed E-state index contributed by atoms with van der Waals surface area (Å²) in [5.74, 6) is -0.549. The second-order valence-corrected chi connectivity index (χ2v) is 3.56. The largest absolute Gasteiger partial charge is 0.223 e. The molecule has 2 rings (SSSR count). The zero-order valence-electron chi connectivity index (χ0n) is 7.42. The van der Waals surface area contributed by atoms with Crippen molar-refractivity contribution in [3.05, 3.63) is 46.6 Å². The molecule has 0 radical (unpaired) electrons. The fourth-order valence-electron chi connectivity index (χ4n) is 1.19. The monoisotopic (exact) mass is 242 g/mol. The first-order valence-corrected chi connectivity index (χ1v) is 4.87. The van der Waals surface area contributed by atoms with Crippen LogP contribution in [0, 0.1) is 5.82 Å². The lowest BCUT2D eigenvalue weighted by Gasteiger charge is -2.04. The Kier molecular flexibility index (Phi) is 2.84. The van der Waals surface area contributed by atoms with Gasteiger partial charge in [-0.25, -0.2) is 14.4 Å². The van der Waals surface area contributed by atoms with E-state index in [2.05, 4.69) is 9.97 Å². The van der Waals surface area contributed by atoms with Crippen LogP contribution in [0.5, 0.6) is 0 Å². The van der Waals surface area contributed by atoms with Crippen LogP contribution in [0.4, 0.5) is 4.39 Å². The molecule has 0 amide bonds. The van der Waals surface area contributed by atoms with Crippen molar-refractivity contribution in [2.24, 2.45) is 0 Å². The summed E-state index contributed by atoms with van der Waals surface area (Å²) in [6.07, 6.45) is 1.02. The van der Waals surface area contributed by atoms with Crippen molar-refractivity contribution < 1.29 is 4.39 Å². The van der Waals surface area contributed by atoms with Crippen LogP contribution in [0.1, 0.15) is 0 Å². The highest BCUT2D eigenvalue weighted by molar-refractivity contribution is 6.33. The van der Waals surface area contributed by atoms with Gasteiger partial charge >= 0.3 is 0 Å². The van der Waals surface area contributed by atoms with Crippen LogP contribution in [-0.4, -0.2) is 9.97 Å². The van der Waals surface area contributed by atoms with Crippen molar-refractivity contribution in [3.63, 3.8) is 0 Å². The fourth-order valence-corrected chi connectivity index (χ4v) is 1.55. The Morgan fingerprint density at radius 1 is 1.13 bits per heavy atom. The molecule has 0 atom stereocenters. The third kappa shape index (κ3) is 2.08. The zero-order valence-corrected chi connectivity index (χ0v) is 8.93. The molecule has 0 fully saturated rings. The third-order valence-electron chi connectivity index (χ3n) is 1.84. The van der Waals surface area contributed by atoms with Crippen LogP contribution in [0.3, 0.4) is 0 Å². The summed E-state index contributed by atoms with van der Waals surface area (Å²) in [4.78, 5) is 7.33. The third-order valence-corrected chi connectivity index (χ3v) is 2.36. The minimum Gasteiger partial charge on any atom is -0.223 e. The first kappa shape index (κ1) is 10.3. The molecule has 1 heterocycles. The molecule has 0 aliphatic rings. The predicted octanol–water partition coefficient (Wildman–Crippen LogP) is 3.59. The van der Waals surface area contributed by atoms with Crippen LogP contribution in [-0.2, 0) is 0 Å². The van der Waals surface area contributed by atoms with Gasteiger partial charge in [0.2, 0.25) is 5.28 Å². The van der Waals surface area contributed by atoms with Gasteiger partial charge in [-0.2, -0.15) is 0 Å². The van der Waals surface area contributed by atoms with Crippen LogP contribution < -0.4 is 0 Å². The van der Waals surface area contributed by atoms with Crippen molar-refractivity contribution in [3.8, 4) is 11.3 Å². The van der Waals surface area contributed by atoms with Gasteiger partial charge in [0, 0.05) is 5.56 Å². The summed E-state index contributed by atoms with van der Waals surface area (Å²) < 4.78 is 13.4. The van der Waals surface area contributed by atoms with E-state index in [1.165, 1.54) is 0 Å². The van der Waals surface area contributed by atoms with E-state index in [1.54, 1.807) is 24.3 Å². The van der Waals surface area contributed by atoms with Crippen molar-refractivity contribution in [1.29, 1.82) is 0 Å². The number of aromatic nitrogens is 2. The van der Waals surface area contributed by atoms with Gasteiger partial charge in [-0.1, -0.05) is 29.8 Å². The molecule has 15 heavy (non-hydrogen) atoms. The smallest absolute Gasteiger partial charge is 0.223 e. The quantitative estimate of drug-likeness (QED) is 0.715. The highest BCUT2D eigenvalue weighted by Crippen LogP contribution is 2.28.